The maximum Gasteiger partial charge on any atom is 0.326 e. The molecule has 5 nitrogen and oxygen atoms in total. The summed E-state index contributed by atoms with van der Waals surface area (Å²) in [7, 11) is 0. The molecule has 17 heavy (non-hydrogen) atoms. The summed E-state index contributed by atoms with van der Waals surface area (Å²) in [5, 5.41) is 11.9. The van der Waals surface area contributed by atoms with E-state index in [2.05, 4.69) is 5.32 Å². The van der Waals surface area contributed by atoms with E-state index in [-0.39, 0.29) is 12.1 Å². The summed E-state index contributed by atoms with van der Waals surface area (Å²) in [6, 6.07) is -0.785. The average molecular weight is 242 g/mol. The van der Waals surface area contributed by atoms with Crippen molar-refractivity contribution in [2.45, 2.75) is 52.1 Å². The topological polar surface area (TPSA) is 69.6 Å². The third-order valence-corrected chi connectivity index (χ3v) is 3.35. The molecule has 1 fully saturated rings. The van der Waals surface area contributed by atoms with Crippen LogP contribution in [0.2, 0.25) is 0 Å². The van der Waals surface area contributed by atoms with E-state index in [0.29, 0.717) is 18.9 Å². The molecular formula is C12H22N2O3. The van der Waals surface area contributed by atoms with E-state index in [1.807, 2.05) is 20.8 Å². The fourth-order valence-corrected chi connectivity index (χ4v) is 2.25. The van der Waals surface area contributed by atoms with Crippen molar-refractivity contribution in [2.75, 3.05) is 6.54 Å². The molecule has 1 aliphatic heterocycles. The van der Waals surface area contributed by atoms with Crippen LogP contribution >= 0.6 is 0 Å². The minimum absolute atomic E-state index is 0.109. The number of carbonyl (C=O) groups is 2. The Balaban J connectivity index is 2.60. The first kappa shape index (κ1) is 13.8. The van der Waals surface area contributed by atoms with Gasteiger partial charge in [-0.2, -0.15) is 0 Å². The molecule has 1 saturated heterocycles. The number of rotatable bonds is 4. The quantitative estimate of drug-likeness (QED) is 0.788. The van der Waals surface area contributed by atoms with Crippen LogP contribution in [0.15, 0.2) is 0 Å². The molecule has 0 aromatic rings. The van der Waals surface area contributed by atoms with Crippen LogP contribution in [-0.2, 0) is 4.79 Å². The van der Waals surface area contributed by atoms with Gasteiger partial charge >= 0.3 is 12.0 Å². The van der Waals surface area contributed by atoms with E-state index in [9.17, 15) is 9.59 Å². The SMILES string of the molecule is CCC(NC(=O)N1CCC[C@@H]1C(=O)O)C(C)C. The fraction of sp³-hybridized carbons (Fsp3) is 0.833. The Hall–Kier alpha value is -1.26. The Morgan fingerprint density at radius 2 is 2.12 bits per heavy atom. The van der Waals surface area contributed by atoms with Crippen molar-refractivity contribution >= 4 is 12.0 Å². The van der Waals surface area contributed by atoms with Crippen LogP contribution in [-0.4, -0.2) is 40.6 Å². The van der Waals surface area contributed by atoms with Gasteiger partial charge in [-0.05, 0) is 25.2 Å². The number of likely N-dealkylation sites (tertiary alicyclic amines) is 1. The van der Waals surface area contributed by atoms with Crippen molar-refractivity contribution in [1.82, 2.24) is 10.2 Å². The number of hydrogen-bond acceptors (Lipinski definition) is 2. The Morgan fingerprint density at radius 3 is 2.59 bits per heavy atom. The van der Waals surface area contributed by atoms with Crippen molar-refractivity contribution in [3.63, 3.8) is 0 Å². The van der Waals surface area contributed by atoms with Crippen LogP contribution in [0.4, 0.5) is 4.79 Å². The number of aliphatic carboxylic acids is 1. The number of urea groups is 1. The molecule has 0 saturated carbocycles. The Labute approximate surface area is 102 Å². The molecule has 0 bridgehead atoms. The van der Waals surface area contributed by atoms with Crippen molar-refractivity contribution in [3.8, 4) is 0 Å². The van der Waals surface area contributed by atoms with Crippen LogP contribution in [0.1, 0.15) is 40.0 Å². The van der Waals surface area contributed by atoms with E-state index in [1.54, 1.807) is 0 Å². The molecule has 2 atom stereocenters. The molecular weight excluding hydrogens is 220 g/mol. The summed E-state index contributed by atoms with van der Waals surface area (Å²) in [5.74, 6) is -0.551. The van der Waals surface area contributed by atoms with Gasteiger partial charge in [0, 0.05) is 12.6 Å². The van der Waals surface area contributed by atoms with Gasteiger partial charge < -0.3 is 15.3 Å². The number of carbonyl (C=O) groups excluding carboxylic acids is 1. The molecule has 1 aliphatic rings. The van der Waals surface area contributed by atoms with Gasteiger partial charge in [-0.3, -0.25) is 0 Å². The van der Waals surface area contributed by atoms with Crippen LogP contribution in [0.3, 0.4) is 0 Å². The zero-order valence-electron chi connectivity index (χ0n) is 10.8. The minimum Gasteiger partial charge on any atom is -0.480 e. The van der Waals surface area contributed by atoms with Crippen LogP contribution in [0.25, 0.3) is 0 Å². The van der Waals surface area contributed by atoms with Crippen molar-refractivity contribution in [2.24, 2.45) is 5.92 Å². The number of amides is 2. The second kappa shape index (κ2) is 5.89. The van der Waals surface area contributed by atoms with Gasteiger partial charge in [-0.15, -0.1) is 0 Å². The molecule has 0 aromatic carbocycles. The normalized spacial score (nSPS) is 21.6. The Morgan fingerprint density at radius 1 is 1.47 bits per heavy atom. The standard InChI is InChI=1S/C12H22N2O3/c1-4-9(8(2)3)13-12(17)14-7-5-6-10(14)11(15)16/h8-10H,4-7H2,1-3H3,(H,13,17)(H,15,16)/t9?,10-/m1/s1. The first-order chi connectivity index (χ1) is 7.97. The highest BCUT2D eigenvalue weighted by Crippen LogP contribution is 2.18. The van der Waals surface area contributed by atoms with Gasteiger partial charge in [0.25, 0.3) is 0 Å². The molecule has 5 heteroatoms. The molecule has 0 aliphatic carbocycles. The highest BCUT2D eigenvalue weighted by Gasteiger charge is 2.34. The molecule has 2 amide bonds. The molecule has 1 unspecified atom stereocenters. The third-order valence-electron chi connectivity index (χ3n) is 3.35. The van der Waals surface area contributed by atoms with Crippen molar-refractivity contribution in [3.05, 3.63) is 0 Å². The van der Waals surface area contributed by atoms with Crippen LogP contribution in [0, 0.1) is 5.92 Å². The third kappa shape index (κ3) is 3.35. The first-order valence-corrected chi connectivity index (χ1v) is 6.27. The summed E-state index contributed by atoms with van der Waals surface area (Å²) >= 11 is 0. The van der Waals surface area contributed by atoms with E-state index >= 15 is 0 Å². The lowest BCUT2D eigenvalue weighted by Gasteiger charge is -2.27. The van der Waals surface area contributed by atoms with Gasteiger partial charge in [0.15, 0.2) is 0 Å². The van der Waals surface area contributed by atoms with Gasteiger partial charge in [-0.25, -0.2) is 9.59 Å². The molecule has 0 spiro atoms. The van der Waals surface area contributed by atoms with Gasteiger partial charge in [0.2, 0.25) is 0 Å². The summed E-state index contributed by atoms with van der Waals surface area (Å²) < 4.78 is 0. The fourth-order valence-electron chi connectivity index (χ4n) is 2.25. The number of carboxylic acids is 1. The van der Waals surface area contributed by atoms with E-state index < -0.39 is 12.0 Å². The number of hydrogen-bond donors (Lipinski definition) is 2. The lowest BCUT2D eigenvalue weighted by atomic mass is 10.0. The highest BCUT2D eigenvalue weighted by molar-refractivity contribution is 5.83. The molecule has 0 radical (unpaired) electrons. The zero-order valence-corrected chi connectivity index (χ0v) is 10.8. The number of nitrogens with one attached hydrogen (secondary N) is 1. The molecule has 0 aromatic heterocycles. The van der Waals surface area contributed by atoms with Crippen LogP contribution in [0.5, 0.6) is 0 Å². The number of carboxylic acid groups (broad SMARTS) is 1. The van der Waals surface area contributed by atoms with Crippen molar-refractivity contribution in [1.29, 1.82) is 0 Å². The molecule has 98 valence electrons. The second-order valence-electron chi connectivity index (χ2n) is 4.90. The minimum atomic E-state index is -0.907. The van der Waals surface area contributed by atoms with Gasteiger partial charge in [0.05, 0.1) is 0 Å². The first-order valence-electron chi connectivity index (χ1n) is 6.27. The summed E-state index contributed by atoms with van der Waals surface area (Å²) in [6.07, 6.45) is 2.18. The Kier molecular flexibility index (Phi) is 4.78. The lowest BCUT2D eigenvalue weighted by Crippen LogP contribution is -2.50. The summed E-state index contributed by atoms with van der Waals surface area (Å²) in [6.45, 7) is 6.65. The zero-order chi connectivity index (χ0) is 13.0. The highest BCUT2D eigenvalue weighted by atomic mass is 16.4. The predicted molar refractivity (Wildman–Crippen MR) is 64.8 cm³/mol. The van der Waals surface area contributed by atoms with Gasteiger partial charge in [0.1, 0.15) is 6.04 Å². The maximum absolute atomic E-state index is 12.0. The molecule has 1 heterocycles. The average Bonchev–Trinajstić information content (AvgIpc) is 2.73. The predicted octanol–water partition coefficient (Wildman–Crippen LogP) is 1.68. The summed E-state index contributed by atoms with van der Waals surface area (Å²) in [4.78, 5) is 24.4. The van der Waals surface area contributed by atoms with E-state index in [1.165, 1.54) is 4.90 Å². The smallest absolute Gasteiger partial charge is 0.326 e. The van der Waals surface area contributed by atoms with Crippen LogP contribution < -0.4 is 5.32 Å². The van der Waals surface area contributed by atoms with Gasteiger partial charge in [-0.1, -0.05) is 20.8 Å². The molecule has 1 rings (SSSR count). The number of nitrogens with zero attached hydrogens (tertiary/aromatic N) is 1. The summed E-state index contributed by atoms with van der Waals surface area (Å²) in [5.41, 5.74) is 0. The second-order valence-corrected chi connectivity index (χ2v) is 4.90. The Bertz CT molecular complexity index is 291. The van der Waals surface area contributed by atoms with E-state index in [0.717, 1.165) is 12.8 Å². The largest absolute Gasteiger partial charge is 0.480 e. The molecule has 2 N–H and O–H groups in total. The monoisotopic (exact) mass is 242 g/mol. The van der Waals surface area contributed by atoms with Crippen molar-refractivity contribution < 1.29 is 14.7 Å². The van der Waals surface area contributed by atoms with E-state index in [4.69, 9.17) is 5.11 Å². The lowest BCUT2D eigenvalue weighted by molar-refractivity contribution is -0.141. The maximum atomic E-state index is 12.0.